The van der Waals surface area contributed by atoms with E-state index in [2.05, 4.69) is 13.8 Å². The fourth-order valence-electron chi connectivity index (χ4n) is 6.19. The lowest BCUT2D eigenvalue weighted by Gasteiger charge is -2.24. The van der Waals surface area contributed by atoms with Crippen molar-refractivity contribution in [3.8, 4) is 0 Å². The fraction of sp³-hybridized carbons (Fsp3) is 0.952. The summed E-state index contributed by atoms with van der Waals surface area (Å²) in [6.45, 7) is 4.45. The maximum atomic E-state index is 12.7. The summed E-state index contributed by atoms with van der Waals surface area (Å²) >= 11 is 0. The maximum absolute atomic E-state index is 12.7. The van der Waals surface area contributed by atoms with Crippen molar-refractivity contribution >= 4 is 19.8 Å². The molecule has 0 saturated carbocycles. The van der Waals surface area contributed by atoms with Crippen molar-refractivity contribution in [3.63, 3.8) is 0 Å². The minimum Gasteiger partial charge on any atom is -0.462 e. The summed E-state index contributed by atoms with van der Waals surface area (Å²) in [7, 11) is 1.49. The summed E-state index contributed by atoms with van der Waals surface area (Å²) in [4.78, 5) is 35.3. The van der Waals surface area contributed by atoms with Gasteiger partial charge in [-0.2, -0.15) is 0 Å². The molecule has 0 aliphatic carbocycles. The number of rotatable bonds is 40. The van der Waals surface area contributed by atoms with E-state index in [1.807, 2.05) is 21.1 Å². The van der Waals surface area contributed by atoms with Crippen LogP contribution in [0.4, 0.5) is 0 Å². The van der Waals surface area contributed by atoms with Crippen LogP contribution in [-0.4, -0.2) is 74.9 Å². The van der Waals surface area contributed by atoms with Gasteiger partial charge in [0, 0.05) is 12.8 Å². The van der Waals surface area contributed by atoms with Crippen LogP contribution < -0.4 is 0 Å². The zero-order chi connectivity index (χ0) is 38.6. The van der Waals surface area contributed by atoms with Crippen molar-refractivity contribution in [1.82, 2.24) is 0 Å². The molecule has 0 aromatic carbocycles. The van der Waals surface area contributed by atoms with E-state index in [1.165, 1.54) is 141 Å². The average Bonchev–Trinajstić information content (AvgIpc) is 3.09. The number of esters is 2. The van der Waals surface area contributed by atoms with Gasteiger partial charge in [0.1, 0.15) is 19.8 Å². The minimum atomic E-state index is -4.36. The Morgan fingerprint density at radius 3 is 1.23 bits per heavy atom. The molecule has 1 N–H and O–H groups in total. The van der Waals surface area contributed by atoms with Crippen LogP contribution >= 0.6 is 7.82 Å². The number of hydrogen-bond donors (Lipinski definition) is 1. The highest BCUT2D eigenvalue weighted by molar-refractivity contribution is 7.47. The minimum absolute atomic E-state index is 0.0367. The molecule has 0 spiro atoms. The maximum Gasteiger partial charge on any atom is 0.472 e. The molecule has 310 valence electrons. The molecule has 0 aromatic rings. The second kappa shape index (κ2) is 35.7. The number of hydrogen-bond acceptors (Lipinski definition) is 7. The molecule has 0 amide bonds. The van der Waals surface area contributed by atoms with E-state index in [-0.39, 0.29) is 25.6 Å². The molecule has 1 unspecified atom stereocenters. The van der Waals surface area contributed by atoms with Crippen molar-refractivity contribution in [3.05, 3.63) is 0 Å². The molecule has 0 radical (unpaired) electrons. The van der Waals surface area contributed by atoms with Crippen LogP contribution in [0.15, 0.2) is 0 Å². The molecule has 10 heteroatoms. The van der Waals surface area contributed by atoms with Crippen LogP contribution in [0.5, 0.6) is 0 Å². The van der Waals surface area contributed by atoms with E-state index in [0.717, 1.165) is 38.5 Å². The average molecular weight is 763 g/mol. The molecule has 0 bridgehead atoms. The van der Waals surface area contributed by atoms with Crippen molar-refractivity contribution in [2.45, 2.75) is 213 Å². The summed E-state index contributed by atoms with van der Waals surface area (Å²) in [5, 5.41) is 0. The van der Waals surface area contributed by atoms with E-state index in [4.69, 9.17) is 18.5 Å². The second-order valence-corrected chi connectivity index (χ2v) is 17.6. The Morgan fingerprint density at radius 2 is 0.865 bits per heavy atom. The molecule has 9 nitrogen and oxygen atoms in total. The van der Waals surface area contributed by atoms with Gasteiger partial charge < -0.3 is 18.9 Å². The normalized spacial score (nSPS) is 13.6. The van der Waals surface area contributed by atoms with E-state index < -0.39 is 26.5 Å². The number of unbranched alkanes of at least 4 members (excludes halogenated alkanes) is 26. The lowest BCUT2D eigenvalue weighted by Crippen LogP contribution is -2.37. The SMILES string of the molecule is CCCCCCCCCCCCCCCCC(=O)OC[C@@H](COP(=O)(O)OCC[N+](C)(C)C)OC(=O)CCCCCCCCCCCCCCCC. The highest BCUT2D eigenvalue weighted by Gasteiger charge is 2.27. The van der Waals surface area contributed by atoms with Crippen LogP contribution in [0.1, 0.15) is 206 Å². The van der Waals surface area contributed by atoms with E-state index in [9.17, 15) is 19.0 Å². The zero-order valence-electron chi connectivity index (χ0n) is 34.8. The van der Waals surface area contributed by atoms with Gasteiger partial charge in [-0.15, -0.1) is 0 Å². The Balaban J connectivity index is 4.33. The van der Waals surface area contributed by atoms with Crippen LogP contribution in [-0.2, 0) is 32.7 Å². The molecule has 52 heavy (non-hydrogen) atoms. The molecule has 0 aromatic heterocycles. The molecule has 0 fully saturated rings. The van der Waals surface area contributed by atoms with Crippen molar-refractivity contribution in [2.24, 2.45) is 0 Å². The van der Waals surface area contributed by atoms with E-state index in [1.54, 1.807) is 0 Å². The third kappa shape index (κ3) is 38.7. The highest BCUT2D eigenvalue weighted by atomic mass is 31.2. The summed E-state index contributed by atoms with van der Waals surface area (Å²) in [6, 6.07) is 0. The molecule has 0 aliphatic rings. The summed E-state index contributed by atoms with van der Waals surface area (Å²) in [5.41, 5.74) is 0. The molecule has 0 aliphatic heterocycles. The molecular formula is C42H85NO8P+. The summed E-state index contributed by atoms with van der Waals surface area (Å²) < 4.78 is 34.3. The number of phosphoric acid groups is 1. The first kappa shape index (κ1) is 51.0. The number of quaternary nitrogens is 1. The van der Waals surface area contributed by atoms with Crippen LogP contribution in [0.2, 0.25) is 0 Å². The Bertz CT molecular complexity index is 865. The molecular weight excluding hydrogens is 677 g/mol. The van der Waals surface area contributed by atoms with Crippen LogP contribution in [0.25, 0.3) is 0 Å². The quantitative estimate of drug-likeness (QED) is 0.0284. The highest BCUT2D eigenvalue weighted by Crippen LogP contribution is 2.43. The smallest absolute Gasteiger partial charge is 0.462 e. The van der Waals surface area contributed by atoms with Gasteiger partial charge in [-0.1, -0.05) is 181 Å². The Hall–Kier alpha value is -0.990. The third-order valence-electron chi connectivity index (χ3n) is 9.64. The molecule has 0 heterocycles. The fourth-order valence-corrected chi connectivity index (χ4v) is 6.93. The van der Waals surface area contributed by atoms with Crippen molar-refractivity contribution in [2.75, 3.05) is 47.5 Å². The first-order chi connectivity index (χ1) is 25.0. The Kier molecular flexibility index (Phi) is 35.0. The van der Waals surface area contributed by atoms with Crippen molar-refractivity contribution in [1.29, 1.82) is 0 Å². The van der Waals surface area contributed by atoms with E-state index in [0.29, 0.717) is 17.4 Å². The van der Waals surface area contributed by atoms with Gasteiger partial charge in [-0.25, -0.2) is 4.57 Å². The van der Waals surface area contributed by atoms with Gasteiger partial charge in [0.15, 0.2) is 6.10 Å². The zero-order valence-corrected chi connectivity index (χ0v) is 35.7. The van der Waals surface area contributed by atoms with Gasteiger partial charge in [-0.05, 0) is 12.8 Å². The summed E-state index contributed by atoms with van der Waals surface area (Å²) in [6.07, 6.45) is 34.2. The van der Waals surface area contributed by atoms with E-state index >= 15 is 0 Å². The van der Waals surface area contributed by atoms with Crippen LogP contribution in [0, 0.1) is 0 Å². The van der Waals surface area contributed by atoms with Crippen LogP contribution in [0.3, 0.4) is 0 Å². The topological polar surface area (TPSA) is 108 Å². The Morgan fingerprint density at radius 1 is 0.519 bits per heavy atom. The van der Waals surface area contributed by atoms with Gasteiger partial charge >= 0.3 is 19.8 Å². The largest absolute Gasteiger partial charge is 0.472 e. The molecule has 0 rings (SSSR count). The number of ether oxygens (including phenoxy) is 2. The van der Waals surface area contributed by atoms with Crippen molar-refractivity contribution < 1.29 is 42.1 Å². The number of carbonyl (C=O) groups excluding carboxylic acids is 2. The van der Waals surface area contributed by atoms with Gasteiger partial charge in [0.25, 0.3) is 0 Å². The lowest BCUT2D eigenvalue weighted by atomic mass is 10.0. The molecule has 2 atom stereocenters. The standard InChI is InChI=1S/C42H84NO8P/c1-6-8-10-12-14-16-18-20-22-24-26-28-30-32-34-41(44)48-38-40(39-50-52(46,47)49-37-36-43(3,4)5)51-42(45)35-33-31-29-27-25-23-21-19-17-15-13-11-9-7-2/h40H,6-39H2,1-5H3/p+1/t40-/m0/s1. The predicted molar refractivity (Wildman–Crippen MR) is 215 cm³/mol. The molecule has 0 saturated heterocycles. The third-order valence-corrected chi connectivity index (χ3v) is 10.6. The Labute approximate surface area is 321 Å². The first-order valence-corrected chi connectivity index (χ1v) is 23.3. The second-order valence-electron chi connectivity index (χ2n) is 16.1. The van der Waals surface area contributed by atoms with Gasteiger partial charge in [0.2, 0.25) is 0 Å². The number of nitrogens with zero attached hydrogens (tertiary/aromatic N) is 1. The van der Waals surface area contributed by atoms with Gasteiger partial charge in [-0.3, -0.25) is 18.6 Å². The predicted octanol–water partition coefficient (Wildman–Crippen LogP) is 12.0. The lowest BCUT2D eigenvalue weighted by molar-refractivity contribution is -0.870. The van der Waals surface area contributed by atoms with Gasteiger partial charge in [0.05, 0.1) is 27.7 Å². The first-order valence-electron chi connectivity index (χ1n) is 21.8. The summed E-state index contributed by atoms with van der Waals surface area (Å²) in [5.74, 6) is -0.785. The monoisotopic (exact) mass is 763 g/mol. The number of phosphoric ester groups is 1. The number of likely N-dealkylation sites (N-methyl/N-ethyl adjacent to an activating group) is 1. The number of carbonyl (C=O) groups is 2.